The highest BCUT2D eigenvalue weighted by Gasteiger charge is 2.30. The number of hydrogen-bond acceptors (Lipinski definition) is 15. The van der Waals surface area contributed by atoms with Gasteiger partial charge in [0.25, 0.3) is 0 Å². The van der Waals surface area contributed by atoms with Gasteiger partial charge in [-0.25, -0.2) is 9.13 Å². The Labute approximate surface area is 556 Å². The smallest absolute Gasteiger partial charge is 0.462 e. The molecule has 0 amide bonds. The van der Waals surface area contributed by atoms with Crippen LogP contribution in [0.5, 0.6) is 0 Å². The zero-order valence-electron chi connectivity index (χ0n) is 59.0. The fourth-order valence-corrected chi connectivity index (χ4v) is 12.6. The van der Waals surface area contributed by atoms with Gasteiger partial charge in [-0.15, -0.1) is 0 Å². The van der Waals surface area contributed by atoms with Crippen LogP contribution in [-0.2, 0) is 65.4 Å². The maximum absolute atomic E-state index is 13.0. The lowest BCUT2D eigenvalue weighted by molar-refractivity contribution is -0.161. The molecule has 0 aromatic rings. The first-order valence-corrected chi connectivity index (χ1v) is 40.6. The molecule has 0 radical (unpaired) electrons. The van der Waals surface area contributed by atoms with Gasteiger partial charge in [0.05, 0.1) is 26.4 Å². The summed E-state index contributed by atoms with van der Waals surface area (Å²) in [6, 6.07) is 0. The normalized spacial score (nSPS) is 14.0. The van der Waals surface area contributed by atoms with Crippen molar-refractivity contribution in [3.05, 3.63) is 0 Å². The first-order valence-electron chi connectivity index (χ1n) is 37.6. The number of phosphoric ester groups is 2. The van der Waals surface area contributed by atoms with Crippen molar-refractivity contribution in [2.24, 2.45) is 5.92 Å². The molecule has 5 atom stereocenters. The molecule has 19 heteroatoms. The molecule has 0 fully saturated rings. The van der Waals surface area contributed by atoms with Crippen LogP contribution in [0, 0.1) is 5.92 Å². The molecule has 0 bridgehead atoms. The second-order valence-corrected chi connectivity index (χ2v) is 29.4. The minimum absolute atomic E-state index is 0.107. The van der Waals surface area contributed by atoms with Gasteiger partial charge in [-0.2, -0.15) is 0 Å². The summed E-state index contributed by atoms with van der Waals surface area (Å²) in [5, 5.41) is 10.6. The number of aliphatic hydroxyl groups is 1. The summed E-state index contributed by atoms with van der Waals surface area (Å²) >= 11 is 0. The van der Waals surface area contributed by atoms with Gasteiger partial charge in [-0.05, 0) is 31.6 Å². The number of phosphoric acid groups is 2. The van der Waals surface area contributed by atoms with E-state index in [1.165, 1.54) is 193 Å². The minimum atomic E-state index is -4.95. The molecule has 0 aliphatic rings. The van der Waals surface area contributed by atoms with Gasteiger partial charge in [0.1, 0.15) is 19.3 Å². The molecule has 0 saturated carbocycles. The number of rotatable bonds is 72. The topological polar surface area (TPSA) is 237 Å². The van der Waals surface area contributed by atoms with Gasteiger partial charge < -0.3 is 33.8 Å². The molecule has 0 aromatic carbocycles. The van der Waals surface area contributed by atoms with Crippen LogP contribution in [0.1, 0.15) is 375 Å². The number of esters is 4. The molecule has 3 N–H and O–H groups in total. The van der Waals surface area contributed by atoms with Crippen LogP contribution >= 0.6 is 15.6 Å². The molecule has 0 spiro atoms. The molecular weight excluding hydrogens is 1200 g/mol. The number of unbranched alkanes of at least 4 members (excludes halogenated alkanes) is 44. The molecule has 540 valence electrons. The first kappa shape index (κ1) is 89.1. The SMILES string of the molecule is CCCCCCCCCCCCCCCCCCC(=O)OC[C@H](COP(=O)(O)OC[C@@H](O)COP(=O)(O)OC[C@@H](COC(=O)CCCCCCC)OC(=O)CCCCCCCCCCCCCCC)OC(=O)CCCCCCCCCCCCCCCCC(C)C. The molecule has 91 heavy (non-hydrogen) atoms. The summed E-state index contributed by atoms with van der Waals surface area (Å²) < 4.78 is 68.2. The third-order valence-corrected chi connectivity index (χ3v) is 18.7. The molecule has 0 aromatic heterocycles. The fourth-order valence-electron chi connectivity index (χ4n) is 11.0. The Morgan fingerprint density at radius 2 is 0.505 bits per heavy atom. The molecule has 0 rings (SSSR count). The van der Waals surface area contributed by atoms with Crippen molar-refractivity contribution in [2.45, 2.75) is 393 Å². The van der Waals surface area contributed by atoms with Gasteiger partial charge in [-0.1, -0.05) is 324 Å². The van der Waals surface area contributed by atoms with Gasteiger partial charge in [-0.3, -0.25) is 37.3 Å². The predicted octanol–water partition coefficient (Wildman–Crippen LogP) is 20.9. The Balaban J connectivity index is 5.15. The fraction of sp³-hybridized carbons (Fsp3) is 0.944. The molecule has 17 nitrogen and oxygen atoms in total. The zero-order chi connectivity index (χ0) is 67.0. The van der Waals surface area contributed by atoms with Crippen LogP contribution in [0.25, 0.3) is 0 Å². The standard InChI is InChI=1S/C72H140O17P2/c1-6-9-12-15-17-19-21-23-24-25-30-33-37-41-46-51-56-70(75)83-62-68(89-72(77)58-53-48-43-39-35-31-27-26-29-32-36-40-45-49-54-65(4)5)64-87-91(80,81)85-60-66(73)59-84-90(78,79)86-63-67(61-82-69(74)55-50-44-14-11-8-3)88-71(76)57-52-47-42-38-34-28-22-20-18-16-13-10-7-2/h65-68,73H,6-64H2,1-5H3,(H,78,79)(H,80,81)/t66-,67+,68+/m0/s1. The van der Waals surface area contributed by atoms with Crippen molar-refractivity contribution in [1.29, 1.82) is 0 Å². The molecule has 0 saturated heterocycles. The Bertz CT molecular complexity index is 1750. The minimum Gasteiger partial charge on any atom is -0.462 e. The van der Waals surface area contributed by atoms with Crippen LogP contribution < -0.4 is 0 Å². The lowest BCUT2D eigenvalue weighted by Gasteiger charge is -2.21. The van der Waals surface area contributed by atoms with Crippen molar-refractivity contribution in [1.82, 2.24) is 0 Å². The highest BCUT2D eigenvalue weighted by atomic mass is 31.2. The van der Waals surface area contributed by atoms with Gasteiger partial charge >= 0.3 is 39.5 Å². The predicted molar refractivity (Wildman–Crippen MR) is 368 cm³/mol. The average molecular weight is 1340 g/mol. The van der Waals surface area contributed by atoms with E-state index in [2.05, 4.69) is 34.6 Å². The molecule has 2 unspecified atom stereocenters. The second-order valence-electron chi connectivity index (χ2n) is 26.5. The van der Waals surface area contributed by atoms with Crippen molar-refractivity contribution in [2.75, 3.05) is 39.6 Å². The summed E-state index contributed by atoms with van der Waals surface area (Å²) in [6.45, 7) is 7.21. The van der Waals surface area contributed by atoms with E-state index in [-0.39, 0.29) is 25.7 Å². The lowest BCUT2D eigenvalue weighted by atomic mass is 10.0. The Kier molecular flexibility index (Phi) is 64.0. The number of carbonyl (C=O) groups is 4. The van der Waals surface area contributed by atoms with Crippen LogP contribution in [0.3, 0.4) is 0 Å². The van der Waals surface area contributed by atoms with E-state index < -0.39 is 97.5 Å². The average Bonchev–Trinajstić information content (AvgIpc) is 3.69. The van der Waals surface area contributed by atoms with E-state index in [0.717, 1.165) is 102 Å². The van der Waals surface area contributed by atoms with E-state index in [4.69, 9.17) is 37.0 Å². The Morgan fingerprint density at radius 1 is 0.297 bits per heavy atom. The Hall–Kier alpha value is -1.94. The largest absolute Gasteiger partial charge is 0.472 e. The van der Waals surface area contributed by atoms with E-state index in [9.17, 15) is 43.2 Å². The van der Waals surface area contributed by atoms with E-state index in [1.807, 2.05) is 0 Å². The summed E-state index contributed by atoms with van der Waals surface area (Å²) in [7, 11) is -9.89. The Morgan fingerprint density at radius 3 is 0.747 bits per heavy atom. The number of carbonyl (C=O) groups excluding carboxylic acids is 4. The van der Waals surface area contributed by atoms with Crippen LogP contribution in [0.2, 0.25) is 0 Å². The molecular formula is C72H140O17P2. The van der Waals surface area contributed by atoms with Crippen molar-refractivity contribution >= 4 is 39.5 Å². The molecule has 0 aliphatic carbocycles. The van der Waals surface area contributed by atoms with Gasteiger partial charge in [0.15, 0.2) is 12.2 Å². The highest BCUT2D eigenvalue weighted by Crippen LogP contribution is 2.45. The second kappa shape index (κ2) is 65.4. The third-order valence-electron chi connectivity index (χ3n) is 16.8. The van der Waals surface area contributed by atoms with Crippen LogP contribution in [-0.4, -0.2) is 96.7 Å². The van der Waals surface area contributed by atoms with E-state index >= 15 is 0 Å². The van der Waals surface area contributed by atoms with Crippen molar-refractivity contribution < 1.29 is 80.2 Å². The third kappa shape index (κ3) is 66.5. The summed E-state index contributed by atoms with van der Waals surface area (Å²) in [5.74, 6) is -1.33. The highest BCUT2D eigenvalue weighted by molar-refractivity contribution is 7.47. The van der Waals surface area contributed by atoms with Crippen molar-refractivity contribution in [3.8, 4) is 0 Å². The monoisotopic (exact) mass is 1340 g/mol. The van der Waals surface area contributed by atoms with Gasteiger partial charge in [0, 0.05) is 25.7 Å². The lowest BCUT2D eigenvalue weighted by Crippen LogP contribution is -2.30. The summed E-state index contributed by atoms with van der Waals surface area (Å²) in [4.78, 5) is 72.4. The summed E-state index contributed by atoms with van der Waals surface area (Å²) in [6.07, 6.45) is 53.0. The van der Waals surface area contributed by atoms with E-state index in [1.54, 1.807) is 0 Å². The first-order chi connectivity index (χ1) is 44.0. The van der Waals surface area contributed by atoms with Crippen LogP contribution in [0.4, 0.5) is 0 Å². The molecule has 0 heterocycles. The number of ether oxygens (including phenoxy) is 4. The molecule has 0 aliphatic heterocycles. The van der Waals surface area contributed by atoms with Crippen LogP contribution in [0.15, 0.2) is 0 Å². The zero-order valence-corrected chi connectivity index (χ0v) is 60.8. The van der Waals surface area contributed by atoms with E-state index in [0.29, 0.717) is 25.7 Å². The number of hydrogen-bond donors (Lipinski definition) is 3. The maximum Gasteiger partial charge on any atom is 0.472 e. The summed E-state index contributed by atoms with van der Waals surface area (Å²) in [5.41, 5.74) is 0. The van der Waals surface area contributed by atoms with Crippen molar-refractivity contribution in [3.63, 3.8) is 0 Å². The number of aliphatic hydroxyl groups excluding tert-OH is 1. The maximum atomic E-state index is 13.0. The quantitative estimate of drug-likeness (QED) is 0.0222. The van der Waals surface area contributed by atoms with Gasteiger partial charge in [0.2, 0.25) is 0 Å².